The molecule has 1 amide bonds. The Hall–Kier alpha value is -1.22. The Bertz CT molecular complexity index is 762. The molecule has 0 saturated heterocycles. The summed E-state index contributed by atoms with van der Waals surface area (Å²) in [5.41, 5.74) is 3.51. The van der Waals surface area contributed by atoms with Gasteiger partial charge in [-0.2, -0.15) is 0 Å². The number of ether oxygens (including phenoxy) is 1. The van der Waals surface area contributed by atoms with Gasteiger partial charge in [-0.05, 0) is 0 Å². The molecule has 1 aliphatic rings. The van der Waals surface area contributed by atoms with Gasteiger partial charge in [0.2, 0.25) is 0 Å². The maximum absolute atomic E-state index is 12.1. The average Bonchev–Trinajstić information content (AvgIpc) is 2.88. The summed E-state index contributed by atoms with van der Waals surface area (Å²) in [4.78, 5) is 19.8. The summed E-state index contributed by atoms with van der Waals surface area (Å²) < 4.78 is 7.41. The second-order valence-corrected chi connectivity index (χ2v) is 8.79. The third-order valence-corrected chi connectivity index (χ3v) is 4.58. The van der Waals surface area contributed by atoms with E-state index < -0.39 is 0 Å². The topological polar surface area (TPSA) is 58.2 Å². The van der Waals surface area contributed by atoms with Crippen LogP contribution in [0.15, 0.2) is 24.4 Å². The number of amides is 1. The van der Waals surface area contributed by atoms with Crippen molar-refractivity contribution in [1.29, 1.82) is 0 Å². The van der Waals surface area contributed by atoms with E-state index in [9.17, 15) is 4.79 Å². The number of carbonyl (C=O) groups is 1. The van der Waals surface area contributed by atoms with Gasteiger partial charge in [-0.15, -0.1) is 0 Å². The van der Waals surface area contributed by atoms with Crippen molar-refractivity contribution in [3.8, 4) is 0 Å². The van der Waals surface area contributed by atoms with Crippen molar-refractivity contribution in [3.05, 3.63) is 35.8 Å². The second kappa shape index (κ2) is 5.77. The molecule has 0 unspecified atom stereocenters. The van der Waals surface area contributed by atoms with E-state index >= 15 is 0 Å². The van der Waals surface area contributed by atoms with Crippen LogP contribution in [-0.2, 0) is 4.74 Å². The van der Waals surface area contributed by atoms with Gasteiger partial charge in [0.1, 0.15) is 0 Å². The van der Waals surface area contributed by atoms with E-state index in [-0.39, 0.29) is 11.5 Å². The van der Waals surface area contributed by atoms with E-state index in [4.69, 9.17) is 4.74 Å². The van der Waals surface area contributed by atoms with Crippen LogP contribution in [-0.4, -0.2) is 63.9 Å². The number of aromatic nitrogens is 2. The summed E-state index contributed by atoms with van der Waals surface area (Å²) in [6.07, 6.45) is 4.73. The molecular formula is C16H18N3O2Pb. The molecule has 2 aromatic rings. The summed E-state index contributed by atoms with van der Waals surface area (Å²) >= 11 is 0.701. The molecule has 3 heterocycles. The van der Waals surface area contributed by atoms with E-state index in [0.717, 1.165) is 23.0 Å². The number of fused-ring (bicyclic) bond motifs is 1. The number of nitrogens with one attached hydrogen (secondary N) is 1. The Labute approximate surface area is 145 Å². The fraction of sp³-hybridized carbons (Fsp3) is 0.375. The molecule has 0 saturated carbocycles. The molecule has 22 heavy (non-hydrogen) atoms. The molecular weight excluding hydrogens is 473 g/mol. The predicted molar refractivity (Wildman–Crippen MR) is 86.6 cm³/mol. The van der Waals surface area contributed by atoms with Gasteiger partial charge in [0.25, 0.3) is 0 Å². The minimum absolute atomic E-state index is 0.0239. The Balaban J connectivity index is 1.96. The van der Waals surface area contributed by atoms with Crippen LogP contribution >= 0.6 is 0 Å². The van der Waals surface area contributed by atoms with Crippen molar-refractivity contribution in [2.24, 2.45) is 0 Å². The molecule has 0 fully saturated rings. The van der Waals surface area contributed by atoms with Crippen LogP contribution in [0.1, 0.15) is 36.5 Å². The van der Waals surface area contributed by atoms with Crippen LogP contribution in [0.5, 0.6) is 0 Å². The number of nitrogens with zero attached hydrogens (tertiary/aromatic N) is 2. The fourth-order valence-corrected chi connectivity index (χ4v) is 3.12. The zero-order valence-electron chi connectivity index (χ0n) is 12.9. The molecule has 3 rings (SSSR count). The SMILES string of the molecule is C[N]([Pb])C(=O)c1cc2cc(C3=CCOC(C)(C)C3)ncc2[nH]1. The molecule has 0 aromatic carbocycles. The summed E-state index contributed by atoms with van der Waals surface area (Å²) in [6, 6.07) is 3.95. The first-order chi connectivity index (χ1) is 10.4. The number of hydrogen-bond acceptors (Lipinski definition) is 3. The Morgan fingerprint density at radius 2 is 2.23 bits per heavy atom. The number of carbonyl (C=O) groups excluding carboxylic acids is 1. The normalized spacial score (nSPS) is 17.4. The monoisotopic (exact) mass is 492 g/mol. The van der Waals surface area contributed by atoms with Gasteiger partial charge in [-0.1, -0.05) is 0 Å². The van der Waals surface area contributed by atoms with Crippen molar-refractivity contribution >= 4 is 48.4 Å². The zero-order valence-corrected chi connectivity index (χ0v) is 16.8. The van der Waals surface area contributed by atoms with Gasteiger partial charge in [-0.25, -0.2) is 0 Å². The van der Waals surface area contributed by atoms with Crippen molar-refractivity contribution in [3.63, 3.8) is 0 Å². The summed E-state index contributed by atoms with van der Waals surface area (Å²) in [7, 11) is 1.80. The van der Waals surface area contributed by atoms with Crippen molar-refractivity contribution in [1.82, 2.24) is 12.7 Å². The van der Waals surface area contributed by atoms with Crippen LogP contribution in [0.4, 0.5) is 0 Å². The molecule has 2 aromatic heterocycles. The standard InChI is InChI=1S/C16H19N3O2.Pb/c1-16(2)8-10(4-5-21-16)12-6-11-7-13(15(20)17-3)19-14(11)9-18-12;/h4,6-7,9H,5,8H2,1-3H3,(H2,17,18,19,20);/q;+1/p-1. The number of rotatable bonds is 2. The molecule has 5 nitrogen and oxygen atoms in total. The Morgan fingerprint density at radius 3 is 2.91 bits per heavy atom. The van der Waals surface area contributed by atoms with Gasteiger partial charge in [0, 0.05) is 0 Å². The van der Waals surface area contributed by atoms with E-state index in [0.29, 0.717) is 38.4 Å². The van der Waals surface area contributed by atoms with Gasteiger partial charge in [0.15, 0.2) is 0 Å². The van der Waals surface area contributed by atoms with Gasteiger partial charge in [0.05, 0.1) is 0 Å². The summed E-state index contributed by atoms with van der Waals surface area (Å²) in [6.45, 7) is 4.79. The zero-order chi connectivity index (χ0) is 15.9. The summed E-state index contributed by atoms with van der Waals surface area (Å²) in [5, 5.41) is 1.02. The third kappa shape index (κ3) is 3.10. The van der Waals surface area contributed by atoms with E-state index in [1.165, 1.54) is 5.57 Å². The number of H-pyrrole nitrogens is 1. The van der Waals surface area contributed by atoms with Crippen molar-refractivity contribution in [2.45, 2.75) is 25.9 Å². The van der Waals surface area contributed by atoms with Crippen LogP contribution in [0, 0.1) is 0 Å². The Morgan fingerprint density at radius 1 is 1.45 bits per heavy atom. The molecule has 0 bridgehead atoms. The van der Waals surface area contributed by atoms with E-state index in [2.05, 4.69) is 29.9 Å². The average molecular weight is 492 g/mol. The second-order valence-electron chi connectivity index (χ2n) is 6.18. The predicted octanol–water partition coefficient (Wildman–Crippen LogP) is 2.30. The van der Waals surface area contributed by atoms with Crippen LogP contribution in [0.3, 0.4) is 0 Å². The molecule has 3 radical (unpaired) electrons. The van der Waals surface area contributed by atoms with Gasteiger partial charge in [-0.3, -0.25) is 0 Å². The molecule has 1 N–H and O–H groups in total. The van der Waals surface area contributed by atoms with Crippen LogP contribution < -0.4 is 0 Å². The fourth-order valence-electron chi connectivity index (χ4n) is 2.65. The van der Waals surface area contributed by atoms with E-state index in [1.807, 2.05) is 12.1 Å². The molecule has 0 spiro atoms. The van der Waals surface area contributed by atoms with Crippen LogP contribution in [0.25, 0.3) is 16.5 Å². The van der Waals surface area contributed by atoms with Crippen molar-refractivity contribution in [2.75, 3.05) is 13.7 Å². The third-order valence-electron chi connectivity index (χ3n) is 3.79. The number of pyridine rings is 1. The molecule has 1 aliphatic heterocycles. The molecule has 6 heteroatoms. The first-order valence-corrected chi connectivity index (χ1v) is 8.91. The molecule has 113 valence electrons. The maximum atomic E-state index is 12.1. The molecule has 0 aliphatic carbocycles. The first-order valence-electron chi connectivity index (χ1n) is 7.17. The summed E-state index contributed by atoms with van der Waals surface area (Å²) in [5.74, 6) is 0.0239. The minimum atomic E-state index is -0.157. The molecule has 0 atom stereocenters. The van der Waals surface area contributed by atoms with Gasteiger partial charge < -0.3 is 0 Å². The van der Waals surface area contributed by atoms with Crippen molar-refractivity contribution < 1.29 is 9.53 Å². The first kappa shape index (κ1) is 15.7. The number of hydrogen-bond donors (Lipinski definition) is 1. The van der Waals surface area contributed by atoms with E-state index in [1.54, 1.807) is 16.0 Å². The van der Waals surface area contributed by atoms with Gasteiger partial charge >= 0.3 is 146 Å². The van der Waals surface area contributed by atoms with Crippen LogP contribution in [0.2, 0.25) is 0 Å². The number of aromatic amines is 1. The Kier molecular flexibility index (Phi) is 4.11. The quantitative estimate of drug-likeness (QED) is 0.656.